The fourth-order valence-electron chi connectivity index (χ4n) is 3.34. The Morgan fingerprint density at radius 2 is 1.86 bits per heavy atom. The quantitative estimate of drug-likeness (QED) is 0.326. The number of nitrogens with zero attached hydrogens (tertiary/aromatic N) is 3. The summed E-state index contributed by atoms with van der Waals surface area (Å²) >= 11 is 3.10. The van der Waals surface area contributed by atoms with Crippen molar-refractivity contribution in [2.24, 2.45) is 0 Å². The zero-order valence-electron chi connectivity index (χ0n) is 15.7. The number of benzene rings is 2. The van der Waals surface area contributed by atoms with Crippen LogP contribution < -0.4 is 5.32 Å². The third-order valence-electron chi connectivity index (χ3n) is 4.78. The molecule has 3 aromatic heterocycles. The largest absolute Gasteiger partial charge is 0.350 e. The Labute approximate surface area is 175 Å². The van der Waals surface area contributed by atoms with Crippen LogP contribution in [0, 0.1) is 0 Å². The fourth-order valence-corrected chi connectivity index (χ4v) is 4.93. The molecule has 0 spiro atoms. The minimum absolute atomic E-state index is 0.00377. The normalized spacial score (nSPS) is 12.6. The van der Waals surface area contributed by atoms with Crippen molar-refractivity contribution in [3.8, 4) is 0 Å². The number of hydrogen-bond acceptors (Lipinski definition) is 5. The Kier molecular flexibility index (Phi) is 4.69. The summed E-state index contributed by atoms with van der Waals surface area (Å²) < 4.78 is 2.06. The molecule has 5 nitrogen and oxygen atoms in total. The molecule has 1 N–H and O–H groups in total. The second-order valence-electron chi connectivity index (χ2n) is 6.73. The maximum atomic E-state index is 12.7. The standard InChI is InChI=1S/C22H18N4OS2/c1-14(21(27)23-13-15-7-6-12-28-15)29-22-25-17-9-3-2-8-16(17)20-24-18-10-4-5-11-19(18)26(20)22/h2-12,14H,13H2,1H3,(H,23,27)/t14-/m1/s1. The number of aromatic nitrogens is 3. The molecule has 0 aliphatic rings. The third-order valence-corrected chi connectivity index (χ3v) is 6.71. The van der Waals surface area contributed by atoms with Gasteiger partial charge in [0, 0.05) is 10.3 Å². The van der Waals surface area contributed by atoms with Crippen LogP contribution in [0.15, 0.2) is 71.2 Å². The summed E-state index contributed by atoms with van der Waals surface area (Å²) in [6, 6.07) is 20.0. The first-order chi connectivity index (χ1) is 14.2. The second kappa shape index (κ2) is 7.50. The van der Waals surface area contributed by atoms with Crippen LogP contribution in [-0.2, 0) is 11.3 Å². The molecule has 0 fully saturated rings. The van der Waals surface area contributed by atoms with Gasteiger partial charge in [-0.25, -0.2) is 9.97 Å². The van der Waals surface area contributed by atoms with Gasteiger partial charge in [-0.05, 0) is 42.6 Å². The Hall–Kier alpha value is -2.90. The van der Waals surface area contributed by atoms with E-state index in [1.807, 2.05) is 73.0 Å². The Morgan fingerprint density at radius 1 is 1.07 bits per heavy atom. The molecule has 7 heteroatoms. The van der Waals surface area contributed by atoms with Gasteiger partial charge in [0.15, 0.2) is 5.16 Å². The van der Waals surface area contributed by atoms with Crippen LogP contribution in [0.2, 0.25) is 0 Å². The molecule has 144 valence electrons. The molecule has 0 saturated carbocycles. The zero-order chi connectivity index (χ0) is 19.8. The van der Waals surface area contributed by atoms with E-state index in [0.29, 0.717) is 6.54 Å². The van der Waals surface area contributed by atoms with Gasteiger partial charge in [0.05, 0.1) is 28.3 Å². The van der Waals surface area contributed by atoms with E-state index in [9.17, 15) is 4.79 Å². The number of nitrogens with one attached hydrogen (secondary N) is 1. The molecule has 0 aliphatic heterocycles. The lowest BCUT2D eigenvalue weighted by molar-refractivity contribution is -0.120. The van der Waals surface area contributed by atoms with E-state index in [2.05, 4.69) is 9.72 Å². The molecule has 29 heavy (non-hydrogen) atoms. The molecular weight excluding hydrogens is 400 g/mol. The van der Waals surface area contributed by atoms with Crippen molar-refractivity contribution in [1.82, 2.24) is 19.7 Å². The number of carbonyl (C=O) groups is 1. The van der Waals surface area contributed by atoms with Gasteiger partial charge in [0.2, 0.25) is 5.91 Å². The summed E-state index contributed by atoms with van der Waals surface area (Å²) in [5, 5.41) is 6.52. The molecule has 1 atom stereocenters. The van der Waals surface area contributed by atoms with E-state index in [1.165, 1.54) is 11.8 Å². The van der Waals surface area contributed by atoms with Crippen molar-refractivity contribution in [3.05, 3.63) is 70.9 Å². The van der Waals surface area contributed by atoms with Crippen molar-refractivity contribution in [2.45, 2.75) is 23.9 Å². The van der Waals surface area contributed by atoms with Crippen LogP contribution in [0.1, 0.15) is 11.8 Å². The molecule has 1 amide bonds. The number of thiophene rings is 1. The SMILES string of the molecule is C[C@@H](Sc1nc2ccccc2c2nc3ccccc3n12)C(=O)NCc1cccs1. The summed E-state index contributed by atoms with van der Waals surface area (Å²) in [5.74, 6) is -0.00377. The highest BCUT2D eigenvalue weighted by atomic mass is 32.2. The smallest absolute Gasteiger partial charge is 0.233 e. The molecule has 0 bridgehead atoms. The number of thioether (sulfide) groups is 1. The molecule has 0 aliphatic carbocycles. The number of fused-ring (bicyclic) bond motifs is 5. The molecule has 5 aromatic rings. The van der Waals surface area contributed by atoms with Crippen molar-refractivity contribution in [3.63, 3.8) is 0 Å². The van der Waals surface area contributed by atoms with E-state index < -0.39 is 0 Å². The first kappa shape index (κ1) is 18.1. The predicted octanol–water partition coefficient (Wildman–Crippen LogP) is 4.89. The third kappa shape index (κ3) is 3.36. The van der Waals surface area contributed by atoms with Gasteiger partial charge >= 0.3 is 0 Å². The van der Waals surface area contributed by atoms with Crippen molar-refractivity contribution in [2.75, 3.05) is 0 Å². The molecule has 0 radical (unpaired) electrons. The highest BCUT2D eigenvalue weighted by molar-refractivity contribution is 8.00. The van der Waals surface area contributed by atoms with Crippen molar-refractivity contribution >= 4 is 56.6 Å². The van der Waals surface area contributed by atoms with E-state index in [0.717, 1.165) is 37.6 Å². The lowest BCUT2D eigenvalue weighted by Crippen LogP contribution is -2.30. The van der Waals surface area contributed by atoms with Gasteiger partial charge < -0.3 is 5.32 Å². The van der Waals surface area contributed by atoms with E-state index in [4.69, 9.17) is 9.97 Å². The van der Waals surface area contributed by atoms with E-state index >= 15 is 0 Å². The maximum Gasteiger partial charge on any atom is 0.233 e. The van der Waals surface area contributed by atoms with Crippen molar-refractivity contribution in [1.29, 1.82) is 0 Å². The van der Waals surface area contributed by atoms with Gasteiger partial charge in [-0.15, -0.1) is 11.3 Å². The van der Waals surface area contributed by atoms with Gasteiger partial charge in [0.25, 0.3) is 0 Å². The lowest BCUT2D eigenvalue weighted by Gasteiger charge is -2.13. The fraction of sp³-hybridized carbons (Fsp3) is 0.136. The number of imidazole rings is 1. The minimum Gasteiger partial charge on any atom is -0.350 e. The Morgan fingerprint density at radius 3 is 2.69 bits per heavy atom. The average molecular weight is 419 g/mol. The number of amides is 1. The monoisotopic (exact) mass is 418 g/mol. The molecule has 5 rings (SSSR count). The number of carbonyl (C=O) groups excluding carboxylic acids is 1. The van der Waals surface area contributed by atoms with Gasteiger partial charge in [0.1, 0.15) is 5.65 Å². The average Bonchev–Trinajstić information content (AvgIpc) is 3.40. The summed E-state index contributed by atoms with van der Waals surface area (Å²) in [5.41, 5.74) is 3.66. The van der Waals surface area contributed by atoms with Crippen LogP contribution in [0.5, 0.6) is 0 Å². The molecular formula is C22H18N4OS2. The van der Waals surface area contributed by atoms with Crippen LogP contribution in [-0.4, -0.2) is 25.5 Å². The van der Waals surface area contributed by atoms with Crippen molar-refractivity contribution < 1.29 is 4.79 Å². The topological polar surface area (TPSA) is 59.3 Å². The van der Waals surface area contributed by atoms with Gasteiger partial charge in [-0.1, -0.05) is 42.1 Å². The van der Waals surface area contributed by atoms with Gasteiger partial charge in [-0.3, -0.25) is 9.20 Å². The Bertz CT molecular complexity index is 1330. The van der Waals surface area contributed by atoms with E-state index in [1.54, 1.807) is 11.3 Å². The molecule has 3 heterocycles. The predicted molar refractivity (Wildman–Crippen MR) is 119 cm³/mol. The number of hydrogen-bond donors (Lipinski definition) is 1. The molecule has 2 aromatic carbocycles. The highest BCUT2D eigenvalue weighted by Gasteiger charge is 2.20. The first-order valence-electron chi connectivity index (χ1n) is 9.33. The summed E-state index contributed by atoms with van der Waals surface area (Å²) in [4.78, 5) is 23.5. The van der Waals surface area contributed by atoms with Crippen LogP contribution in [0.25, 0.3) is 27.6 Å². The Balaban J connectivity index is 1.53. The second-order valence-corrected chi connectivity index (χ2v) is 9.07. The van der Waals surface area contributed by atoms with E-state index in [-0.39, 0.29) is 11.2 Å². The lowest BCUT2D eigenvalue weighted by atomic mass is 10.2. The highest BCUT2D eigenvalue weighted by Crippen LogP contribution is 2.30. The first-order valence-corrected chi connectivity index (χ1v) is 11.1. The van der Waals surface area contributed by atoms with Crippen LogP contribution in [0.3, 0.4) is 0 Å². The number of para-hydroxylation sites is 3. The van der Waals surface area contributed by atoms with Crippen LogP contribution in [0.4, 0.5) is 0 Å². The van der Waals surface area contributed by atoms with Gasteiger partial charge in [-0.2, -0.15) is 0 Å². The molecule has 0 unspecified atom stereocenters. The molecule has 0 saturated heterocycles. The summed E-state index contributed by atoms with van der Waals surface area (Å²) in [6.07, 6.45) is 0. The minimum atomic E-state index is -0.284. The van der Waals surface area contributed by atoms with Crippen LogP contribution >= 0.6 is 23.1 Å². The maximum absolute atomic E-state index is 12.7. The summed E-state index contributed by atoms with van der Waals surface area (Å²) in [6.45, 7) is 2.46. The summed E-state index contributed by atoms with van der Waals surface area (Å²) in [7, 11) is 0. The zero-order valence-corrected chi connectivity index (χ0v) is 17.3. The number of rotatable bonds is 5.